The van der Waals surface area contributed by atoms with Crippen molar-refractivity contribution in [3.8, 4) is 0 Å². The standard InChI is InChI=1S/C12H20O5/c1-3-4-8(2)17-10-6-15-11-9(16-7-13)5-14-12(10)11/h7-12H,3-6H2,1-2H3. The zero-order valence-corrected chi connectivity index (χ0v) is 10.3. The van der Waals surface area contributed by atoms with Crippen LogP contribution in [0.3, 0.4) is 0 Å². The lowest BCUT2D eigenvalue weighted by Gasteiger charge is -2.21. The zero-order chi connectivity index (χ0) is 12.3. The van der Waals surface area contributed by atoms with Crippen molar-refractivity contribution in [1.29, 1.82) is 0 Å². The van der Waals surface area contributed by atoms with Gasteiger partial charge in [-0.15, -0.1) is 0 Å². The summed E-state index contributed by atoms with van der Waals surface area (Å²) in [6.45, 7) is 5.56. The van der Waals surface area contributed by atoms with Gasteiger partial charge in [-0.05, 0) is 13.3 Å². The van der Waals surface area contributed by atoms with Crippen LogP contribution < -0.4 is 0 Å². The molecule has 2 aliphatic rings. The van der Waals surface area contributed by atoms with Crippen molar-refractivity contribution < 1.29 is 23.7 Å². The number of hydrogen-bond acceptors (Lipinski definition) is 5. The predicted molar refractivity (Wildman–Crippen MR) is 59.7 cm³/mol. The van der Waals surface area contributed by atoms with Gasteiger partial charge in [0.15, 0.2) is 6.10 Å². The number of rotatable bonds is 6. The van der Waals surface area contributed by atoms with Crippen LogP contribution in [-0.4, -0.2) is 50.2 Å². The molecule has 5 heteroatoms. The van der Waals surface area contributed by atoms with Crippen molar-refractivity contribution in [3.63, 3.8) is 0 Å². The maximum atomic E-state index is 10.3. The van der Waals surface area contributed by atoms with Crippen molar-refractivity contribution in [3.05, 3.63) is 0 Å². The van der Waals surface area contributed by atoms with E-state index in [9.17, 15) is 4.79 Å². The Hall–Kier alpha value is -0.650. The van der Waals surface area contributed by atoms with Crippen molar-refractivity contribution in [2.24, 2.45) is 0 Å². The van der Waals surface area contributed by atoms with E-state index in [1.807, 2.05) is 0 Å². The minimum Gasteiger partial charge on any atom is -0.459 e. The quantitative estimate of drug-likeness (QED) is 0.650. The molecule has 0 radical (unpaired) electrons. The summed E-state index contributed by atoms with van der Waals surface area (Å²) in [6.07, 6.45) is 1.75. The molecule has 0 N–H and O–H groups in total. The molecule has 0 aromatic carbocycles. The molecule has 0 aliphatic carbocycles. The van der Waals surface area contributed by atoms with Gasteiger partial charge in [-0.1, -0.05) is 13.3 Å². The lowest BCUT2D eigenvalue weighted by Crippen LogP contribution is -2.35. The van der Waals surface area contributed by atoms with Crippen LogP contribution >= 0.6 is 0 Å². The first-order valence-electron chi connectivity index (χ1n) is 6.24. The van der Waals surface area contributed by atoms with Gasteiger partial charge < -0.3 is 18.9 Å². The van der Waals surface area contributed by atoms with Crippen molar-refractivity contribution in [2.75, 3.05) is 13.2 Å². The van der Waals surface area contributed by atoms with E-state index in [0.717, 1.165) is 12.8 Å². The average molecular weight is 244 g/mol. The smallest absolute Gasteiger partial charge is 0.293 e. The van der Waals surface area contributed by atoms with E-state index in [1.165, 1.54) is 0 Å². The summed E-state index contributed by atoms with van der Waals surface area (Å²) >= 11 is 0. The average Bonchev–Trinajstić information content (AvgIpc) is 2.84. The molecular formula is C12H20O5. The molecule has 2 rings (SSSR count). The van der Waals surface area contributed by atoms with Crippen LogP contribution in [0.4, 0.5) is 0 Å². The number of ether oxygens (including phenoxy) is 4. The van der Waals surface area contributed by atoms with E-state index >= 15 is 0 Å². The summed E-state index contributed by atoms with van der Waals surface area (Å²) in [4.78, 5) is 10.3. The summed E-state index contributed by atoms with van der Waals surface area (Å²) in [6, 6.07) is 0. The van der Waals surface area contributed by atoms with Crippen LogP contribution in [0.5, 0.6) is 0 Å². The molecule has 5 unspecified atom stereocenters. The molecular weight excluding hydrogens is 224 g/mol. The minimum atomic E-state index is -0.285. The van der Waals surface area contributed by atoms with Gasteiger partial charge in [0.2, 0.25) is 0 Å². The van der Waals surface area contributed by atoms with Crippen molar-refractivity contribution >= 4 is 6.47 Å². The van der Waals surface area contributed by atoms with Crippen molar-refractivity contribution in [1.82, 2.24) is 0 Å². The summed E-state index contributed by atoms with van der Waals surface area (Å²) in [5.74, 6) is 0. The second-order valence-electron chi connectivity index (χ2n) is 4.64. The van der Waals surface area contributed by atoms with E-state index in [-0.39, 0.29) is 30.5 Å². The Morgan fingerprint density at radius 1 is 1.29 bits per heavy atom. The fourth-order valence-corrected chi connectivity index (χ4v) is 2.51. The maximum absolute atomic E-state index is 10.3. The number of carbonyl (C=O) groups is 1. The highest BCUT2D eigenvalue weighted by molar-refractivity contribution is 5.37. The molecule has 0 bridgehead atoms. The van der Waals surface area contributed by atoms with Gasteiger partial charge in [-0.25, -0.2) is 0 Å². The molecule has 2 fully saturated rings. The fraction of sp³-hybridized carbons (Fsp3) is 0.917. The third-order valence-electron chi connectivity index (χ3n) is 3.30. The first kappa shape index (κ1) is 12.8. The van der Waals surface area contributed by atoms with E-state index < -0.39 is 0 Å². The molecule has 0 saturated carbocycles. The monoisotopic (exact) mass is 244 g/mol. The van der Waals surface area contributed by atoms with Gasteiger partial charge in [0.1, 0.15) is 18.3 Å². The van der Waals surface area contributed by atoms with Crippen LogP contribution in [0.25, 0.3) is 0 Å². The summed E-state index contributed by atoms with van der Waals surface area (Å²) in [5, 5.41) is 0. The Morgan fingerprint density at radius 2 is 1.94 bits per heavy atom. The minimum absolute atomic E-state index is 0.0400. The van der Waals surface area contributed by atoms with Gasteiger partial charge in [-0.3, -0.25) is 4.79 Å². The lowest BCUT2D eigenvalue weighted by molar-refractivity contribution is -0.138. The molecule has 17 heavy (non-hydrogen) atoms. The normalized spacial score (nSPS) is 37.8. The van der Waals surface area contributed by atoms with Gasteiger partial charge in [0, 0.05) is 0 Å². The van der Waals surface area contributed by atoms with E-state index in [1.54, 1.807) is 0 Å². The molecule has 0 aromatic heterocycles. The summed E-state index contributed by atoms with van der Waals surface area (Å²) < 4.78 is 22.0. The van der Waals surface area contributed by atoms with Gasteiger partial charge in [0.25, 0.3) is 6.47 Å². The van der Waals surface area contributed by atoms with Crippen LogP contribution in [0.2, 0.25) is 0 Å². The summed E-state index contributed by atoms with van der Waals surface area (Å²) in [5.41, 5.74) is 0. The maximum Gasteiger partial charge on any atom is 0.293 e. The fourth-order valence-electron chi connectivity index (χ4n) is 2.51. The van der Waals surface area contributed by atoms with E-state index in [4.69, 9.17) is 18.9 Å². The second-order valence-corrected chi connectivity index (χ2v) is 4.64. The highest BCUT2D eigenvalue weighted by Crippen LogP contribution is 2.31. The Balaban J connectivity index is 1.85. The number of hydrogen-bond donors (Lipinski definition) is 0. The molecule has 2 saturated heterocycles. The predicted octanol–water partition coefficient (Wildman–Crippen LogP) is 0.899. The molecule has 0 spiro atoms. The Morgan fingerprint density at radius 3 is 2.59 bits per heavy atom. The van der Waals surface area contributed by atoms with E-state index in [2.05, 4.69) is 13.8 Å². The topological polar surface area (TPSA) is 54.0 Å². The number of carbonyl (C=O) groups excluding carboxylic acids is 1. The third-order valence-corrected chi connectivity index (χ3v) is 3.30. The van der Waals surface area contributed by atoms with Gasteiger partial charge in [0.05, 0.1) is 19.3 Å². The van der Waals surface area contributed by atoms with Crippen LogP contribution in [0.1, 0.15) is 26.7 Å². The first-order chi connectivity index (χ1) is 8.26. The van der Waals surface area contributed by atoms with Gasteiger partial charge in [-0.2, -0.15) is 0 Å². The number of fused-ring (bicyclic) bond motifs is 1. The Labute approximate surface area is 101 Å². The van der Waals surface area contributed by atoms with Crippen molar-refractivity contribution in [2.45, 2.75) is 57.2 Å². The lowest BCUT2D eigenvalue weighted by atomic mass is 10.1. The molecule has 2 aliphatic heterocycles. The molecule has 0 amide bonds. The molecule has 5 atom stereocenters. The highest BCUT2D eigenvalue weighted by Gasteiger charge is 2.49. The molecule has 2 heterocycles. The summed E-state index contributed by atoms with van der Waals surface area (Å²) in [7, 11) is 0. The Bertz CT molecular complexity index is 257. The zero-order valence-electron chi connectivity index (χ0n) is 10.3. The molecule has 98 valence electrons. The SMILES string of the molecule is CCCC(C)OC1COC2C(OC=O)COC12. The Kier molecular flexibility index (Phi) is 4.36. The highest BCUT2D eigenvalue weighted by atomic mass is 16.6. The molecule has 0 aromatic rings. The van der Waals surface area contributed by atoms with Crippen LogP contribution in [0, 0.1) is 0 Å². The van der Waals surface area contributed by atoms with E-state index in [0.29, 0.717) is 19.7 Å². The largest absolute Gasteiger partial charge is 0.459 e. The molecule has 5 nitrogen and oxygen atoms in total. The van der Waals surface area contributed by atoms with Crippen LogP contribution in [-0.2, 0) is 23.7 Å². The third kappa shape index (κ3) is 2.78. The second kappa shape index (κ2) is 5.80. The first-order valence-corrected chi connectivity index (χ1v) is 6.24. The van der Waals surface area contributed by atoms with Gasteiger partial charge >= 0.3 is 0 Å². The van der Waals surface area contributed by atoms with Crippen LogP contribution in [0.15, 0.2) is 0 Å².